The summed E-state index contributed by atoms with van der Waals surface area (Å²) in [7, 11) is 0. The summed E-state index contributed by atoms with van der Waals surface area (Å²) in [6, 6.07) is 13.2. The quantitative estimate of drug-likeness (QED) is 0.576. The Morgan fingerprint density at radius 1 is 1.08 bits per heavy atom. The van der Waals surface area contributed by atoms with Crippen LogP contribution in [-0.4, -0.2) is 17.4 Å². The Hall–Kier alpha value is -2.62. The Balaban J connectivity index is 1.78. The first-order valence-corrected chi connectivity index (χ1v) is 9.01. The van der Waals surface area contributed by atoms with Crippen molar-refractivity contribution < 1.29 is 9.21 Å². The number of amides is 1. The van der Waals surface area contributed by atoms with Gasteiger partial charge in [0.05, 0.1) is 17.3 Å². The molecule has 0 unspecified atom stereocenters. The van der Waals surface area contributed by atoms with Crippen molar-refractivity contribution in [2.45, 2.75) is 39.0 Å². The van der Waals surface area contributed by atoms with Crippen molar-refractivity contribution in [2.75, 3.05) is 6.54 Å². The summed E-state index contributed by atoms with van der Waals surface area (Å²) in [6.07, 6.45) is 7.50. The maximum Gasteiger partial charge on any atom is 0.252 e. The number of rotatable bonds is 8. The van der Waals surface area contributed by atoms with Gasteiger partial charge in [0.25, 0.3) is 5.91 Å². The molecule has 0 bridgehead atoms. The third-order valence-electron chi connectivity index (χ3n) is 4.30. The Kier molecular flexibility index (Phi) is 5.83. The molecule has 3 rings (SSSR count). The Morgan fingerprint density at radius 3 is 2.72 bits per heavy atom. The lowest BCUT2D eigenvalue weighted by Gasteiger charge is -2.09. The molecule has 2 aromatic heterocycles. The molecule has 25 heavy (non-hydrogen) atoms. The molecule has 3 aromatic rings. The molecule has 1 amide bonds. The molecule has 4 nitrogen and oxygen atoms in total. The maximum absolute atomic E-state index is 12.7. The highest BCUT2D eigenvalue weighted by atomic mass is 16.3. The van der Waals surface area contributed by atoms with E-state index in [9.17, 15) is 4.79 Å². The van der Waals surface area contributed by atoms with Crippen molar-refractivity contribution in [3.63, 3.8) is 0 Å². The molecule has 0 saturated carbocycles. The van der Waals surface area contributed by atoms with Gasteiger partial charge < -0.3 is 9.73 Å². The average Bonchev–Trinajstić information content (AvgIpc) is 3.18. The molecule has 130 valence electrons. The number of aromatic nitrogens is 1. The predicted octanol–water partition coefficient (Wildman–Crippen LogP) is 5.20. The fourth-order valence-corrected chi connectivity index (χ4v) is 2.94. The van der Waals surface area contributed by atoms with Crippen LogP contribution in [0.1, 0.15) is 49.4 Å². The Morgan fingerprint density at radius 2 is 1.92 bits per heavy atom. The second-order valence-corrected chi connectivity index (χ2v) is 6.22. The summed E-state index contributed by atoms with van der Waals surface area (Å²) >= 11 is 0. The van der Waals surface area contributed by atoms with Crippen LogP contribution in [-0.2, 0) is 0 Å². The molecule has 1 aromatic carbocycles. The van der Waals surface area contributed by atoms with Crippen LogP contribution in [0, 0.1) is 0 Å². The minimum Gasteiger partial charge on any atom is -0.463 e. The summed E-state index contributed by atoms with van der Waals surface area (Å²) in [5, 5.41) is 3.91. The molecule has 0 atom stereocenters. The SMILES string of the molecule is CCCCCCCNC(=O)c1cc(-c2ccco2)nc2ccccc12. The van der Waals surface area contributed by atoms with E-state index in [0.29, 0.717) is 23.6 Å². The molecule has 2 heterocycles. The number of hydrogen-bond donors (Lipinski definition) is 1. The van der Waals surface area contributed by atoms with E-state index in [1.165, 1.54) is 19.3 Å². The van der Waals surface area contributed by atoms with E-state index < -0.39 is 0 Å². The van der Waals surface area contributed by atoms with Gasteiger partial charge in [0.1, 0.15) is 5.69 Å². The largest absolute Gasteiger partial charge is 0.463 e. The van der Waals surface area contributed by atoms with Crippen LogP contribution < -0.4 is 5.32 Å². The van der Waals surface area contributed by atoms with Crippen LogP contribution in [0.3, 0.4) is 0 Å². The molecule has 0 aliphatic rings. The fourth-order valence-electron chi connectivity index (χ4n) is 2.94. The third-order valence-corrected chi connectivity index (χ3v) is 4.30. The number of nitrogens with zero attached hydrogens (tertiary/aromatic N) is 1. The number of pyridine rings is 1. The van der Waals surface area contributed by atoms with Crippen molar-refractivity contribution in [1.29, 1.82) is 0 Å². The van der Waals surface area contributed by atoms with Crippen LogP contribution in [0.25, 0.3) is 22.4 Å². The lowest BCUT2D eigenvalue weighted by molar-refractivity contribution is 0.0954. The zero-order chi connectivity index (χ0) is 17.5. The van der Waals surface area contributed by atoms with Gasteiger partial charge in [-0.3, -0.25) is 4.79 Å². The number of carbonyl (C=O) groups is 1. The van der Waals surface area contributed by atoms with E-state index in [2.05, 4.69) is 17.2 Å². The van der Waals surface area contributed by atoms with Crippen molar-refractivity contribution in [3.05, 3.63) is 54.3 Å². The first-order valence-electron chi connectivity index (χ1n) is 9.01. The number of carbonyl (C=O) groups excluding carboxylic acids is 1. The van der Waals surface area contributed by atoms with Crippen molar-refractivity contribution in [2.24, 2.45) is 0 Å². The third kappa shape index (κ3) is 4.27. The minimum atomic E-state index is -0.0538. The maximum atomic E-state index is 12.7. The summed E-state index contributed by atoms with van der Waals surface area (Å²) < 4.78 is 5.45. The number of fused-ring (bicyclic) bond motifs is 1. The monoisotopic (exact) mass is 336 g/mol. The van der Waals surface area contributed by atoms with Crippen LogP contribution in [0.4, 0.5) is 0 Å². The van der Waals surface area contributed by atoms with E-state index in [4.69, 9.17) is 4.42 Å². The molecule has 1 N–H and O–H groups in total. The van der Waals surface area contributed by atoms with Gasteiger partial charge in [-0.2, -0.15) is 0 Å². The first kappa shape index (κ1) is 17.2. The van der Waals surface area contributed by atoms with Gasteiger partial charge in [-0.25, -0.2) is 4.98 Å². The van der Waals surface area contributed by atoms with E-state index >= 15 is 0 Å². The molecule has 0 radical (unpaired) electrons. The van der Waals surface area contributed by atoms with Gasteiger partial charge in [0.2, 0.25) is 0 Å². The van der Waals surface area contributed by atoms with Gasteiger partial charge in [-0.05, 0) is 30.7 Å². The fraction of sp³-hybridized carbons (Fsp3) is 0.333. The normalized spacial score (nSPS) is 10.9. The van der Waals surface area contributed by atoms with Crippen LogP contribution >= 0.6 is 0 Å². The number of furan rings is 1. The second kappa shape index (κ2) is 8.47. The summed E-state index contributed by atoms with van der Waals surface area (Å²) in [4.78, 5) is 17.3. The summed E-state index contributed by atoms with van der Waals surface area (Å²) in [5.74, 6) is 0.612. The lowest BCUT2D eigenvalue weighted by Crippen LogP contribution is -2.24. The van der Waals surface area contributed by atoms with E-state index in [1.807, 2.05) is 42.5 Å². The zero-order valence-electron chi connectivity index (χ0n) is 14.6. The van der Waals surface area contributed by atoms with Crippen LogP contribution in [0.2, 0.25) is 0 Å². The molecule has 0 fully saturated rings. The first-order chi connectivity index (χ1) is 12.3. The van der Waals surface area contributed by atoms with Crippen molar-refractivity contribution in [3.8, 4) is 11.5 Å². The summed E-state index contributed by atoms with van der Waals surface area (Å²) in [5.41, 5.74) is 2.12. The van der Waals surface area contributed by atoms with Gasteiger partial charge in [0.15, 0.2) is 5.76 Å². The molecule has 0 spiro atoms. The summed E-state index contributed by atoms with van der Waals surface area (Å²) in [6.45, 7) is 2.90. The molecule has 4 heteroatoms. The molecule has 0 aliphatic carbocycles. The zero-order valence-corrected chi connectivity index (χ0v) is 14.6. The molecule has 0 saturated heterocycles. The van der Waals surface area contributed by atoms with Gasteiger partial charge in [-0.1, -0.05) is 50.8 Å². The van der Waals surface area contributed by atoms with Crippen LogP contribution in [0.5, 0.6) is 0 Å². The lowest BCUT2D eigenvalue weighted by atomic mass is 10.1. The molecular weight excluding hydrogens is 312 g/mol. The highest BCUT2D eigenvalue weighted by Crippen LogP contribution is 2.25. The van der Waals surface area contributed by atoms with Crippen LogP contribution in [0.15, 0.2) is 53.1 Å². The smallest absolute Gasteiger partial charge is 0.252 e. The van der Waals surface area contributed by atoms with Gasteiger partial charge in [0, 0.05) is 11.9 Å². The number of benzene rings is 1. The topological polar surface area (TPSA) is 55.1 Å². The Labute approximate surface area is 148 Å². The molecular formula is C21H24N2O2. The van der Waals surface area contributed by atoms with Crippen molar-refractivity contribution >= 4 is 16.8 Å². The minimum absolute atomic E-state index is 0.0538. The number of unbranched alkanes of at least 4 members (excludes halogenated alkanes) is 4. The van der Waals surface area contributed by atoms with E-state index in [1.54, 1.807) is 6.26 Å². The second-order valence-electron chi connectivity index (χ2n) is 6.22. The number of nitrogens with one attached hydrogen (secondary N) is 1. The highest BCUT2D eigenvalue weighted by Gasteiger charge is 2.14. The van der Waals surface area contributed by atoms with Gasteiger partial charge >= 0.3 is 0 Å². The number of para-hydroxylation sites is 1. The highest BCUT2D eigenvalue weighted by molar-refractivity contribution is 6.07. The van der Waals surface area contributed by atoms with Crippen molar-refractivity contribution in [1.82, 2.24) is 10.3 Å². The molecule has 0 aliphatic heterocycles. The van der Waals surface area contributed by atoms with Gasteiger partial charge in [-0.15, -0.1) is 0 Å². The van der Waals surface area contributed by atoms with E-state index in [0.717, 1.165) is 23.7 Å². The average molecular weight is 336 g/mol. The predicted molar refractivity (Wildman–Crippen MR) is 101 cm³/mol. The van der Waals surface area contributed by atoms with E-state index in [-0.39, 0.29) is 5.91 Å². The standard InChI is InChI=1S/C21H24N2O2/c1-2-3-4-5-8-13-22-21(24)17-15-19(20-12-9-14-25-20)23-18-11-7-6-10-16(17)18/h6-7,9-12,14-15H,2-5,8,13H2,1H3,(H,22,24). The Bertz CT molecular complexity index is 825. The number of hydrogen-bond acceptors (Lipinski definition) is 3.